The van der Waals surface area contributed by atoms with E-state index in [2.05, 4.69) is 34.5 Å². The van der Waals surface area contributed by atoms with E-state index in [0.29, 0.717) is 12.6 Å². The Morgan fingerprint density at radius 2 is 2.11 bits per heavy atom. The van der Waals surface area contributed by atoms with Gasteiger partial charge in [-0.05, 0) is 24.9 Å². The minimum absolute atomic E-state index is 0.173. The van der Waals surface area contributed by atoms with Gasteiger partial charge in [-0.25, -0.2) is 0 Å². The molecule has 0 aromatic heterocycles. The summed E-state index contributed by atoms with van der Waals surface area (Å²) in [6, 6.07) is 10.9. The number of piperidine rings is 1. The molecule has 3 N–H and O–H groups in total. The zero-order valence-electron chi connectivity index (χ0n) is 11.3. The standard InChI is InChI=1S/C15H24N2O2/c18-12-15(19)9-16-14-7-4-8-17(11-14)10-13-5-2-1-3-6-13/h1-3,5-6,14-16,18-19H,4,7-12H2/t14?,15-/m0/s1. The lowest BCUT2D eigenvalue weighted by Crippen LogP contribution is -2.47. The van der Waals surface area contributed by atoms with Crippen LogP contribution in [0.5, 0.6) is 0 Å². The molecule has 1 aromatic rings. The number of likely N-dealkylation sites (tertiary alicyclic amines) is 1. The van der Waals surface area contributed by atoms with E-state index in [1.54, 1.807) is 0 Å². The monoisotopic (exact) mass is 264 g/mol. The highest BCUT2D eigenvalue weighted by Gasteiger charge is 2.20. The molecule has 1 aliphatic heterocycles. The molecule has 0 radical (unpaired) electrons. The number of hydrogen-bond acceptors (Lipinski definition) is 4. The summed E-state index contributed by atoms with van der Waals surface area (Å²) in [4.78, 5) is 2.45. The zero-order chi connectivity index (χ0) is 13.5. The average molecular weight is 264 g/mol. The molecule has 4 heteroatoms. The van der Waals surface area contributed by atoms with Crippen LogP contribution < -0.4 is 5.32 Å². The van der Waals surface area contributed by atoms with Gasteiger partial charge in [0.25, 0.3) is 0 Å². The van der Waals surface area contributed by atoms with E-state index in [-0.39, 0.29) is 6.61 Å². The van der Waals surface area contributed by atoms with Crippen LogP contribution in [-0.4, -0.2) is 53.5 Å². The van der Waals surface area contributed by atoms with Gasteiger partial charge in [-0.3, -0.25) is 4.90 Å². The molecule has 0 saturated carbocycles. The van der Waals surface area contributed by atoms with Crippen molar-refractivity contribution in [3.8, 4) is 0 Å². The highest BCUT2D eigenvalue weighted by atomic mass is 16.3. The molecule has 0 spiro atoms. The smallest absolute Gasteiger partial charge is 0.0895 e. The van der Waals surface area contributed by atoms with Crippen LogP contribution in [0, 0.1) is 0 Å². The molecule has 4 nitrogen and oxygen atoms in total. The van der Waals surface area contributed by atoms with Crippen molar-refractivity contribution >= 4 is 0 Å². The lowest BCUT2D eigenvalue weighted by Gasteiger charge is -2.33. The first-order valence-corrected chi connectivity index (χ1v) is 7.06. The first-order valence-electron chi connectivity index (χ1n) is 7.06. The van der Waals surface area contributed by atoms with Crippen molar-refractivity contribution in [3.05, 3.63) is 35.9 Å². The highest BCUT2D eigenvalue weighted by Crippen LogP contribution is 2.13. The molecule has 2 atom stereocenters. The number of rotatable bonds is 6. The third-order valence-corrected chi connectivity index (χ3v) is 3.61. The van der Waals surface area contributed by atoms with E-state index < -0.39 is 6.10 Å². The van der Waals surface area contributed by atoms with Crippen LogP contribution >= 0.6 is 0 Å². The third kappa shape index (κ3) is 4.91. The Kier molecular flexibility index (Phi) is 5.79. The Hall–Kier alpha value is -0.940. The Morgan fingerprint density at radius 1 is 1.32 bits per heavy atom. The summed E-state index contributed by atoms with van der Waals surface area (Å²) in [7, 11) is 0. The summed E-state index contributed by atoms with van der Waals surface area (Å²) in [5, 5.41) is 21.5. The van der Waals surface area contributed by atoms with E-state index >= 15 is 0 Å². The molecule has 0 bridgehead atoms. The quantitative estimate of drug-likeness (QED) is 0.704. The second-order valence-electron chi connectivity index (χ2n) is 5.30. The van der Waals surface area contributed by atoms with Gasteiger partial charge in [0.1, 0.15) is 0 Å². The normalized spacial score (nSPS) is 22.3. The number of aliphatic hydroxyl groups excluding tert-OH is 2. The predicted octanol–water partition coefficient (Wildman–Crippen LogP) is 0.594. The molecular weight excluding hydrogens is 240 g/mol. The molecule has 0 aliphatic carbocycles. The van der Waals surface area contributed by atoms with Gasteiger partial charge in [0.15, 0.2) is 0 Å². The van der Waals surface area contributed by atoms with E-state index in [9.17, 15) is 5.11 Å². The van der Waals surface area contributed by atoms with Gasteiger partial charge in [0.05, 0.1) is 12.7 Å². The van der Waals surface area contributed by atoms with Gasteiger partial charge >= 0.3 is 0 Å². The van der Waals surface area contributed by atoms with Gasteiger partial charge in [0.2, 0.25) is 0 Å². The van der Waals surface area contributed by atoms with Crippen LogP contribution in [0.25, 0.3) is 0 Å². The van der Waals surface area contributed by atoms with Gasteiger partial charge in [0, 0.05) is 25.7 Å². The number of hydrogen-bond donors (Lipinski definition) is 3. The van der Waals surface area contributed by atoms with Crippen LogP contribution in [0.2, 0.25) is 0 Å². The molecule has 1 aliphatic rings. The maximum atomic E-state index is 9.36. The Labute approximate surface area is 115 Å². The lowest BCUT2D eigenvalue weighted by atomic mass is 10.0. The van der Waals surface area contributed by atoms with E-state index in [0.717, 1.165) is 26.1 Å². The fraction of sp³-hybridized carbons (Fsp3) is 0.600. The molecule has 1 aromatic carbocycles. The number of aliphatic hydroxyl groups is 2. The predicted molar refractivity (Wildman–Crippen MR) is 75.8 cm³/mol. The molecule has 1 unspecified atom stereocenters. The SMILES string of the molecule is OC[C@@H](O)CNC1CCCN(Cc2ccccc2)C1. The molecule has 1 fully saturated rings. The van der Waals surface area contributed by atoms with Crippen LogP contribution in [0.3, 0.4) is 0 Å². The summed E-state index contributed by atoms with van der Waals surface area (Å²) in [6.45, 7) is 3.43. The first-order chi connectivity index (χ1) is 9.28. The largest absolute Gasteiger partial charge is 0.394 e. The van der Waals surface area contributed by atoms with Crippen molar-refractivity contribution in [3.63, 3.8) is 0 Å². The van der Waals surface area contributed by atoms with Crippen LogP contribution in [-0.2, 0) is 6.54 Å². The fourth-order valence-electron chi connectivity index (χ4n) is 2.57. The lowest BCUT2D eigenvalue weighted by molar-refractivity contribution is 0.0860. The van der Waals surface area contributed by atoms with Crippen LogP contribution in [0.1, 0.15) is 18.4 Å². The van der Waals surface area contributed by atoms with Crippen LogP contribution in [0.15, 0.2) is 30.3 Å². The van der Waals surface area contributed by atoms with Crippen molar-refractivity contribution in [2.24, 2.45) is 0 Å². The third-order valence-electron chi connectivity index (χ3n) is 3.61. The minimum atomic E-state index is -0.649. The Morgan fingerprint density at radius 3 is 2.84 bits per heavy atom. The van der Waals surface area contributed by atoms with E-state index in [1.807, 2.05) is 6.07 Å². The molecule has 1 heterocycles. The number of benzene rings is 1. The minimum Gasteiger partial charge on any atom is -0.394 e. The fourth-order valence-corrected chi connectivity index (χ4v) is 2.57. The zero-order valence-corrected chi connectivity index (χ0v) is 11.3. The molecule has 1 saturated heterocycles. The van der Waals surface area contributed by atoms with Gasteiger partial charge in [-0.1, -0.05) is 30.3 Å². The average Bonchev–Trinajstić information content (AvgIpc) is 2.46. The van der Waals surface area contributed by atoms with Gasteiger partial charge in [-0.15, -0.1) is 0 Å². The molecule has 19 heavy (non-hydrogen) atoms. The summed E-state index contributed by atoms with van der Waals surface area (Å²) in [5.74, 6) is 0. The molecule has 106 valence electrons. The maximum absolute atomic E-state index is 9.36. The topological polar surface area (TPSA) is 55.7 Å². The van der Waals surface area contributed by atoms with Crippen LogP contribution in [0.4, 0.5) is 0 Å². The van der Waals surface area contributed by atoms with E-state index in [1.165, 1.54) is 12.0 Å². The highest BCUT2D eigenvalue weighted by molar-refractivity contribution is 5.14. The second-order valence-corrected chi connectivity index (χ2v) is 5.30. The van der Waals surface area contributed by atoms with Crippen molar-refractivity contribution in [1.82, 2.24) is 10.2 Å². The van der Waals surface area contributed by atoms with Crippen molar-refractivity contribution < 1.29 is 10.2 Å². The maximum Gasteiger partial charge on any atom is 0.0895 e. The summed E-state index contributed by atoms with van der Waals surface area (Å²) in [5.41, 5.74) is 1.35. The summed E-state index contributed by atoms with van der Waals surface area (Å²) < 4.78 is 0. The Bertz CT molecular complexity index is 358. The second kappa shape index (κ2) is 7.60. The number of nitrogens with zero attached hydrogens (tertiary/aromatic N) is 1. The van der Waals surface area contributed by atoms with E-state index in [4.69, 9.17) is 5.11 Å². The van der Waals surface area contributed by atoms with Crippen molar-refractivity contribution in [2.75, 3.05) is 26.2 Å². The molecule has 2 rings (SSSR count). The first kappa shape index (κ1) is 14.5. The van der Waals surface area contributed by atoms with Gasteiger partial charge in [-0.2, -0.15) is 0 Å². The van der Waals surface area contributed by atoms with Crippen molar-refractivity contribution in [2.45, 2.75) is 31.5 Å². The van der Waals surface area contributed by atoms with Crippen molar-refractivity contribution in [1.29, 1.82) is 0 Å². The molecule has 0 amide bonds. The molecular formula is C15H24N2O2. The van der Waals surface area contributed by atoms with Gasteiger partial charge < -0.3 is 15.5 Å². The summed E-state index contributed by atoms with van der Waals surface area (Å²) in [6.07, 6.45) is 1.67. The summed E-state index contributed by atoms with van der Waals surface area (Å²) >= 11 is 0. The Balaban J connectivity index is 1.77. The number of nitrogens with one attached hydrogen (secondary N) is 1.